The maximum Gasteiger partial charge on any atom is 0.205 e. The fourth-order valence-corrected chi connectivity index (χ4v) is 4.95. The van der Waals surface area contributed by atoms with Gasteiger partial charge in [0.2, 0.25) is 5.13 Å². The van der Waals surface area contributed by atoms with Gasteiger partial charge < -0.3 is 20.0 Å². The highest BCUT2D eigenvalue weighted by molar-refractivity contribution is 14.0. The standard InChI is InChI=1S/C22H34N8S.HI/c1-3-19-26-22(31-27-19)30-14-12-29(13-15-30)21(23-2)25-17-18-8-9-20(24-16-18)28-10-6-4-5-7-11-28;/h8-9,16H,3-7,10-15,17H2,1-2H3,(H,23,25);1H. The molecular formula is C22H35IN8S. The third kappa shape index (κ3) is 6.43. The average Bonchev–Trinajstić information content (AvgIpc) is 3.14. The van der Waals surface area contributed by atoms with Crippen molar-refractivity contribution in [2.24, 2.45) is 4.99 Å². The summed E-state index contributed by atoms with van der Waals surface area (Å²) in [7, 11) is 1.85. The monoisotopic (exact) mass is 570 g/mol. The van der Waals surface area contributed by atoms with Gasteiger partial charge in [-0.15, -0.1) is 24.0 Å². The molecule has 0 saturated carbocycles. The minimum Gasteiger partial charge on any atom is -0.357 e. The Kier molecular flexibility index (Phi) is 9.76. The van der Waals surface area contributed by atoms with Crippen molar-refractivity contribution in [3.8, 4) is 0 Å². The number of nitrogens with zero attached hydrogens (tertiary/aromatic N) is 7. The van der Waals surface area contributed by atoms with E-state index in [1.165, 1.54) is 42.8 Å². The Morgan fingerprint density at radius 1 is 1.03 bits per heavy atom. The van der Waals surface area contributed by atoms with E-state index in [4.69, 9.17) is 4.98 Å². The van der Waals surface area contributed by atoms with Crippen LogP contribution in [0.25, 0.3) is 0 Å². The summed E-state index contributed by atoms with van der Waals surface area (Å²) in [5.41, 5.74) is 1.18. The third-order valence-corrected chi connectivity index (χ3v) is 6.84. The molecule has 0 amide bonds. The lowest BCUT2D eigenvalue weighted by atomic mass is 10.2. The Hall–Kier alpha value is -1.69. The van der Waals surface area contributed by atoms with E-state index in [9.17, 15) is 0 Å². The summed E-state index contributed by atoms with van der Waals surface area (Å²) >= 11 is 1.51. The van der Waals surface area contributed by atoms with Gasteiger partial charge in [-0.1, -0.05) is 25.8 Å². The summed E-state index contributed by atoms with van der Waals surface area (Å²) in [4.78, 5) is 20.9. The number of hydrogen-bond acceptors (Lipinski definition) is 7. The zero-order chi connectivity index (χ0) is 21.5. The largest absolute Gasteiger partial charge is 0.357 e. The number of hydrogen-bond donors (Lipinski definition) is 1. The molecule has 4 rings (SSSR count). The highest BCUT2D eigenvalue weighted by atomic mass is 127. The van der Waals surface area contributed by atoms with Crippen LogP contribution in [0.15, 0.2) is 23.3 Å². The first-order valence-corrected chi connectivity index (χ1v) is 12.3. The van der Waals surface area contributed by atoms with Crippen LogP contribution >= 0.6 is 35.5 Å². The molecule has 0 aromatic carbocycles. The van der Waals surface area contributed by atoms with Gasteiger partial charge in [0.05, 0.1) is 0 Å². The predicted molar refractivity (Wildman–Crippen MR) is 144 cm³/mol. The Bertz CT molecular complexity index is 840. The number of piperazine rings is 1. The summed E-state index contributed by atoms with van der Waals surface area (Å²) < 4.78 is 4.41. The zero-order valence-electron chi connectivity index (χ0n) is 19.2. The maximum absolute atomic E-state index is 4.73. The van der Waals surface area contributed by atoms with Gasteiger partial charge in [-0.3, -0.25) is 4.99 Å². The van der Waals surface area contributed by atoms with Crippen molar-refractivity contribution in [2.75, 3.05) is 56.1 Å². The van der Waals surface area contributed by atoms with E-state index < -0.39 is 0 Å². The molecule has 0 atom stereocenters. The fourth-order valence-electron chi connectivity index (χ4n) is 4.15. The molecule has 0 radical (unpaired) electrons. The van der Waals surface area contributed by atoms with Gasteiger partial charge in [0, 0.05) is 77.0 Å². The molecule has 10 heteroatoms. The Morgan fingerprint density at radius 3 is 2.38 bits per heavy atom. The summed E-state index contributed by atoms with van der Waals surface area (Å²) in [6.45, 7) is 8.80. The molecule has 32 heavy (non-hydrogen) atoms. The van der Waals surface area contributed by atoms with Gasteiger partial charge >= 0.3 is 0 Å². The van der Waals surface area contributed by atoms with E-state index in [0.29, 0.717) is 0 Å². The third-order valence-electron chi connectivity index (χ3n) is 6.02. The lowest BCUT2D eigenvalue weighted by Crippen LogP contribution is -2.52. The zero-order valence-corrected chi connectivity index (χ0v) is 22.3. The molecule has 0 aliphatic carbocycles. The summed E-state index contributed by atoms with van der Waals surface area (Å²) in [5, 5.41) is 4.55. The molecule has 2 aromatic rings. The number of guanidine groups is 1. The quantitative estimate of drug-likeness (QED) is 0.336. The Morgan fingerprint density at radius 2 is 1.78 bits per heavy atom. The first-order valence-electron chi connectivity index (χ1n) is 11.5. The summed E-state index contributed by atoms with van der Waals surface area (Å²) in [6, 6.07) is 4.35. The molecule has 2 fully saturated rings. The molecule has 0 bridgehead atoms. The van der Waals surface area contributed by atoms with Crippen LogP contribution in [0.3, 0.4) is 0 Å². The highest BCUT2D eigenvalue weighted by Gasteiger charge is 2.22. The average molecular weight is 571 g/mol. The van der Waals surface area contributed by atoms with Crippen molar-refractivity contribution in [1.29, 1.82) is 0 Å². The molecule has 0 spiro atoms. The number of pyridine rings is 1. The van der Waals surface area contributed by atoms with Gasteiger partial charge in [0.1, 0.15) is 11.6 Å². The first kappa shape index (κ1) is 24.9. The van der Waals surface area contributed by atoms with Crippen molar-refractivity contribution in [3.05, 3.63) is 29.7 Å². The first-order chi connectivity index (χ1) is 15.3. The van der Waals surface area contributed by atoms with E-state index >= 15 is 0 Å². The topological polar surface area (TPSA) is 72.8 Å². The molecule has 0 unspecified atom stereocenters. The number of anilines is 2. The molecule has 176 valence electrons. The number of aryl methyl sites for hydroxylation is 1. The second kappa shape index (κ2) is 12.5. The Balaban J connectivity index is 0.00000289. The number of halogens is 1. The van der Waals surface area contributed by atoms with E-state index in [0.717, 1.165) is 75.0 Å². The van der Waals surface area contributed by atoms with Crippen molar-refractivity contribution in [3.63, 3.8) is 0 Å². The van der Waals surface area contributed by atoms with Gasteiger partial charge in [-0.2, -0.15) is 4.37 Å². The smallest absolute Gasteiger partial charge is 0.205 e. The van der Waals surface area contributed by atoms with Crippen LogP contribution in [0.4, 0.5) is 10.9 Å². The van der Waals surface area contributed by atoms with Crippen molar-refractivity contribution >= 4 is 52.4 Å². The lowest BCUT2D eigenvalue weighted by Gasteiger charge is -2.36. The van der Waals surface area contributed by atoms with Crippen molar-refractivity contribution in [1.82, 2.24) is 24.6 Å². The number of aromatic nitrogens is 3. The maximum atomic E-state index is 4.73. The molecule has 2 saturated heterocycles. The van der Waals surface area contributed by atoms with Crippen LogP contribution in [-0.4, -0.2) is 71.5 Å². The summed E-state index contributed by atoms with van der Waals surface area (Å²) in [6.07, 6.45) is 8.11. The van der Waals surface area contributed by atoms with Crippen LogP contribution in [0.2, 0.25) is 0 Å². The normalized spacial score (nSPS) is 17.7. The highest BCUT2D eigenvalue weighted by Crippen LogP contribution is 2.20. The lowest BCUT2D eigenvalue weighted by molar-refractivity contribution is 0.372. The van der Waals surface area contributed by atoms with E-state index in [-0.39, 0.29) is 24.0 Å². The van der Waals surface area contributed by atoms with E-state index in [2.05, 4.69) is 53.4 Å². The minimum absolute atomic E-state index is 0. The van der Waals surface area contributed by atoms with Crippen molar-refractivity contribution < 1.29 is 0 Å². The van der Waals surface area contributed by atoms with Gasteiger partial charge in [0.15, 0.2) is 5.96 Å². The van der Waals surface area contributed by atoms with Gasteiger partial charge in [0.25, 0.3) is 0 Å². The Labute approximate surface area is 212 Å². The number of aliphatic imine (C=N–C) groups is 1. The molecule has 2 aliphatic heterocycles. The fraction of sp³-hybridized carbons (Fsp3) is 0.636. The molecule has 8 nitrogen and oxygen atoms in total. The SMILES string of the molecule is CCc1nsc(N2CCN(C(=NC)NCc3ccc(N4CCCCCC4)nc3)CC2)n1.I. The molecule has 4 heterocycles. The van der Waals surface area contributed by atoms with Gasteiger partial charge in [-0.05, 0) is 24.5 Å². The molecular weight excluding hydrogens is 535 g/mol. The second-order valence-corrected chi connectivity index (χ2v) is 8.88. The number of nitrogens with one attached hydrogen (secondary N) is 1. The number of rotatable bonds is 5. The van der Waals surface area contributed by atoms with Crippen LogP contribution < -0.4 is 15.1 Å². The second-order valence-electron chi connectivity index (χ2n) is 8.15. The summed E-state index contributed by atoms with van der Waals surface area (Å²) in [5.74, 6) is 2.99. The van der Waals surface area contributed by atoms with Crippen LogP contribution in [0.5, 0.6) is 0 Å². The van der Waals surface area contributed by atoms with Crippen LogP contribution in [0, 0.1) is 0 Å². The van der Waals surface area contributed by atoms with Gasteiger partial charge in [-0.25, -0.2) is 9.97 Å². The van der Waals surface area contributed by atoms with Crippen LogP contribution in [-0.2, 0) is 13.0 Å². The van der Waals surface area contributed by atoms with Crippen molar-refractivity contribution in [2.45, 2.75) is 45.6 Å². The molecule has 1 N–H and O–H groups in total. The van der Waals surface area contributed by atoms with E-state index in [1.54, 1.807) is 0 Å². The minimum atomic E-state index is 0. The van der Waals surface area contributed by atoms with Crippen LogP contribution in [0.1, 0.15) is 44.0 Å². The molecule has 2 aliphatic rings. The predicted octanol–water partition coefficient (Wildman–Crippen LogP) is 3.39. The van der Waals surface area contributed by atoms with E-state index in [1.807, 2.05) is 13.2 Å². The molecule has 2 aromatic heterocycles.